The maximum Gasteiger partial charge on any atom is 0.337 e. The number of anilines is 2. The summed E-state index contributed by atoms with van der Waals surface area (Å²) >= 11 is 0. The van der Waals surface area contributed by atoms with Gasteiger partial charge in [-0.1, -0.05) is 20.3 Å². The van der Waals surface area contributed by atoms with E-state index in [9.17, 15) is 9.18 Å². The van der Waals surface area contributed by atoms with Gasteiger partial charge in [0, 0.05) is 11.7 Å². The minimum absolute atomic E-state index is 0.0507. The monoisotopic (exact) mass is 254 g/mol. The zero-order valence-corrected chi connectivity index (χ0v) is 10.8. The minimum Gasteiger partial charge on any atom is -0.478 e. The Balaban J connectivity index is 3.02. The summed E-state index contributed by atoms with van der Waals surface area (Å²) < 4.78 is 13.7. The van der Waals surface area contributed by atoms with Gasteiger partial charge in [-0.25, -0.2) is 9.18 Å². The van der Waals surface area contributed by atoms with Gasteiger partial charge in [-0.15, -0.1) is 0 Å². The van der Waals surface area contributed by atoms with E-state index in [-0.39, 0.29) is 23.0 Å². The van der Waals surface area contributed by atoms with E-state index in [1.807, 2.05) is 20.8 Å². The molecule has 100 valence electrons. The van der Waals surface area contributed by atoms with Crippen LogP contribution in [0.4, 0.5) is 15.8 Å². The highest BCUT2D eigenvalue weighted by Crippen LogP contribution is 2.24. The molecule has 2 unspecified atom stereocenters. The van der Waals surface area contributed by atoms with E-state index in [4.69, 9.17) is 10.8 Å². The Hall–Kier alpha value is -1.78. The zero-order valence-electron chi connectivity index (χ0n) is 10.8. The number of carboxylic acid groups (broad SMARTS) is 1. The van der Waals surface area contributed by atoms with Crippen LogP contribution in [0.25, 0.3) is 0 Å². The fourth-order valence-electron chi connectivity index (χ4n) is 1.63. The highest BCUT2D eigenvalue weighted by atomic mass is 19.1. The lowest BCUT2D eigenvalue weighted by Gasteiger charge is -2.21. The number of carbonyl (C=O) groups is 1. The first-order chi connectivity index (χ1) is 8.36. The van der Waals surface area contributed by atoms with Crippen molar-refractivity contribution in [2.45, 2.75) is 33.2 Å². The summed E-state index contributed by atoms with van der Waals surface area (Å²) in [5, 5.41) is 11.9. The molecule has 4 N–H and O–H groups in total. The summed E-state index contributed by atoms with van der Waals surface area (Å²) in [5.41, 5.74) is 5.48. The second kappa shape index (κ2) is 5.71. The maximum atomic E-state index is 13.7. The molecule has 0 fully saturated rings. The third kappa shape index (κ3) is 3.12. The van der Waals surface area contributed by atoms with Gasteiger partial charge in [-0.3, -0.25) is 0 Å². The predicted octanol–water partition coefficient (Wildman–Crippen LogP) is 2.95. The first-order valence-electron chi connectivity index (χ1n) is 5.95. The Kier molecular flexibility index (Phi) is 4.53. The number of carboxylic acids is 1. The van der Waals surface area contributed by atoms with Gasteiger partial charge in [0.05, 0.1) is 11.3 Å². The quantitative estimate of drug-likeness (QED) is 0.706. The summed E-state index contributed by atoms with van der Waals surface area (Å²) in [6, 6.07) is 2.33. The molecule has 0 heterocycles. The lowest BCUT2D eigenvalue weighted by atomic mass is 10.0. The summed E-state index contributed by atoms with van der Waals surface area (Å²) in [5.74, 6) is -1.34. The van der Waals surface area contributed by atoms with Gasteiger partial charge in [-0.2, -0.15) is 0 Å². The van der Waals surface area contributed by atoms with Crippen molar-refractivity contribution in [1.29, 1.82) is 0 Å². The molecule has 1 aromatic rings. The molecule has 0 aromatic heterocycles. The summed E-state index contributed by atoms with van der Waals surface area (Å²) in [6.07, 6.45) is 0.955. The van der Waals surface area contributed by atoms with Gasteiger partial charge in [0.2, 0.25) is 0 Å². The van der Waals surface area contributed by atoms with E-state index in [1.54, 1.807) is 0 Å². The minimum atomic E-state index is -1.16. The molecule has 0 bridgehead atoms. The van der Waals surface area contributed by atoms with E-state index in [0.29, 0.717) is 5.92 Å². The van der Waals surface area contributed by atoms with Crippen LogP contribution in [0.1, 0.15) is 37.6 Å². The smallest absolute Gasteiger partial charge is 0.337 e. The van der Waals surface area contributed by atoms with Gasteiger partial charge in [0.25, 0.3) is 0 Å². The molecule has 2 atom stereocenters. The molecule has 18 heavy (non-hydrogen) atoms. The van der Waals surface area contributed by atoms with Gasteiger partial charge < -0.3 is 16.2 Å². The molecule has 0 amide bonds. The van der Waals surface area contributed by atoms with Crippen LogP contribution in [0.5, 0.6) is 0 Å². The Morgan fingerprint density at radius 3 is 2.61 bits per heavy atom. The van der Waals surface area contributed by atoms with Crippen LogP contribution >= 0.6 is 0 Å². The highest BCUT2D eigenvalue weighted by Gasteiger charge is 2.16. The largest absolute Gasteiger partial charge is 0.478 e. The molecule has 0 saturated carbocycles. The van der Waals surface area contributed by atoms with E-state index in [0.717, 1.165) is 12.5 Å². The van der Waals surface area contributed by atoms with Crippen molar-refractivity contribution in [3.05, 3.63) is 23.5 Å². The number of aromatic carboxylic acids is 1. The average molecular weight is 254 g/mol. The van der Waals surface area contributed by atoms with Crippen LogP contribution < -0.4 is 11.1 Å². The van der Waals surface area contributed by atoms with E-state index < -0.39 is 11.8 Å². The second-order valence-electron chi connectivity index (χ2n) is 4.54. The molecule has 0 aliphatic carbocycles. The summed E-state index contributed by atoms with van der Waals surface area (Å²) in [4.78, 5) is 10.9. The van der Waals surface area contributed by atoms with Crippen molar-refractivity contribution in [2.24, 2.45) is 5.92 Å². The Morgan fingerprint density at radius 1 is 1.50 bits per heavy atom. The van der Waals surface area contributed by atoms with Crippen LogP contribution in [0.3, 0.4) is 0 Å². The molecular formula is C13H19FN2O2. The van der Waals surface area contributed by atoms with Gasteiger partial charge in [0.15, 0.2) is 0 Å². The number of rotatable bonds is 5. The Labute approximate surface area is 106 Å². The maximum absolute atomic E-state index is 13.7. The predicted molar refractivity (Wildman–Crippen MR) is 70.3 cm³/mol. The topological polar surface area (TPSA) is 75.3 Å². The molecule has 1 aromatic carbocycles. The SMILES string of the molecule is CCC(C)C(C)Nc1cc(C(=O)O)c(N)cc1F. The van der Waals surface area contributed by atoms with Crippen molar-refractivity contribution < 1.29 is 14.3 Å². The van der Waals surface area contributed by atoms with Crippen molar-refractivity contribution in [2.75, 3.05) is 11.1 Å². The van der Waals surface area contributed by atoms with Crippen LogP contribution in [0, 0.1) is 11.7 Å². The molecule has 5 heteroatoms. The van der Waals surface area contributed by atoms with Crippen LogP contribution in [0.2, 0.25) is 0 Å². The van der Waals surface area contributed by atoms with Crippen LogP contribution in [-0.2, 0) is 0 Å². The van der Waals surface area contributed by atoms with Crippen molar-refractivity contribution in [1.82, 2.24) is 0 Å². The summed E-state index contributed by atoms with van der Waals surface area (Å²) in [7, 11) is 0. The molecule has 4 nitrogen and oxygen atoms in total. The fourth-order valence-corrected chi connectivity index (χ4v) is 1.63. The molecule has 0 aliphatic rings. The number of hydrogen-bond acceptors (Lipinski definition) is 3. The first-order valence-corrected chi connectivity index (χ1v) is 5.95. The number of benzene rings is 1. The lowest BCUT2D eigenvalue weighted by Crippen LogP contribution is -2.24. The van der Waals surface area contributed by atoms with Crippen molar-refractivity contribution >= 4 is 17.3 Å². The summed E-state index contributed by atoms with van der Waals surface area (Å²) in [6.45, 7) is 6.03. The average Bonchev–Trinajstić information content (AvgIpc) is 2.30. The number of nitrogens with one attached hydrogen (secondary N) is 1. The Morgan fingerprint density at radius 2 is 2.11 bits per heavy atom. The van der Waals surface area contributed by atoms with E-state index >= 15 is 0 Å². The second-order valence-corrected chi connectivity index (χ2v) is 4.54. The van der Waals surface area contributed by atoms with Gasteiger partial charge in [-0.05, 0) is 25.0 Å². The lowest BCUT2D eigenvalue weighted by molar-refractivity contribution is 0.0698. The third-order valence-corrected chi connectivity index (χ3v) is 3.25. The highest BCUT2D eigenvalue weighted by molar-refractivity contribution is 5.94. The fraction of sp³-hybridized carbons (Fsp3) is 0.462. The standard InChI is InChI=1S/C13H19FN2O2/c1-4-7(2)8(3)16-12-5-9(13(17)18)11(15)6-10(12)14/h5-8,16H,4,15H2,1-3H3,(H,17,18). The van der Waals surface area contributed by atoms with Crippen molar-refractivity contribution in [3.8, 4) is 0 Å². The molecule has 1 rings (SSSR count). The number of nitrogens with two attached hydrogens (primary N) is 1. The van der Waals surface area contributed by atoms with Crippen molar-refractivity contribution in [3.63, 3.8) is 0 Å². The Bertz CT molecular complexity index is 449. The zero-order chi connectivity index (χ0) is 13.9. The van der Waals surface area contributed by atoms with E-state index in [1.165, 1.54) is 6.07 Å². The molecule has 0 saturated heterocycles. The molecule has 0 spiro atoms. The van der Waals surface area contributed by atoms with Gasteiger partial charge in [0.1, 0.15) is 5.82 Å². The molecule has 0 aliphatic heterocycles. The van der Waals surface area contributed by atoms with Gasteiger partial charge >= 0.3 is 5.97 Å². The number of nitrogen functional groups attached to an aromatic ring is 1. The normalized spacial score (nSPS) is 14.0. The molecular weight excluding hydrogens is 235 g/mol. The van der Waals surface area contributed by atoms with E-state index in [2.05, 4.69) is 5.32 Å². The number of halogens is 1. The first kappa shape index (κ1) is 14.3. The third-order valence-electron chi connectivity index (χ3n) is 3.25. The van der Waals surface area contributed by atoms with Crippen LogP contribution in [-0.4, -0.2) is 17.1 Å². The number of hydrogen-bond donors (Lipinski definition) is 3. The molecule has 0 radical (unpaired) electrons. The van der Waals surface area contributed by atoms with Crippen LogP contribution in [0.15, 0.2) is 12.1 Å².